The molecule has 1 aromatic carbocycles. The minimum absolute atomic E-state index is 0.114. The predicted octanol–water partition coefficient (Wildman–Crippen LogP) is 1.79. The Bertz CT molecular complexity index is 727. The highest BCUT2D eigenvalue weighted by Gasteiger charge is 2.17. The first-order valence-corrected chi connectivity index (χ1v) is 9.58. The number of carbonyl (C=O) groups excluding carboxylic acids is 1. The second kappa shape index (κ2) is 8.65. The fourth-order valence-corrected chi connectivity index (χ4v) is 3.10. The van der Waals surface area contributed by atoms with Gasteiger partial charge in [0.05, 0.1) is 19.1 Å². The molecule has 2 aromatic rings. The summed E-state index contributed by atoms with van der Waals surface area (Å²) in [7, 11) is -3.35. The van der Waals surface area contributed by atoms with Crippen LogP contribution in [0.3, 0.4) is 0 Å². The van der Waals surface area contributed by atoms with Gasteiger partial charge in [0.15, 0.2) is 0 Å². The van der Waals surface area contributed by atoms with Crippen LogP contribution in [0.5, 0.6) is 0 Å². The van der Waals surface area contributed by atoms with E-state index >= 15 is 0 Å². The number of sulfonamides is 1. The van der Waals surface area contributed by atoms with E-state index in [-0.39, 0.29) is 18.9 Å². The topological polar surface area (TPSA) is 79.6 Å². The smallest absolute Gasteiger partial charge is 0.221 e. The number of carbonyl (C=O) groups is 1. The van der Waals surface area contributed by atoms with Crippen molar-refractivity contribution in [2.75, 3.05) is 19.3 Å². The fourth-order valence-electron chi connectivity index (χ4n) is 2.26. The molecule has 0 radical (unpaired) electrons. The van der Waals surface area contributed by atoms with E-state index in [0.29, 0.717) is 25.3 Å². The Morgan fingerprint density at radius 2 is 1.88 bits per heavy atom. The monoisotopic (exact) mass is 350 g/mol. The van der Waals surface area contributed by atoms with Crippen LogP contribution in [0.15, 0.2) is 53.1 Å². The van der Waals surface area contributed by atoms with Gasteiger partial charge < -0.3 is 9.73 Å². The Morgan fingerprint density at radius 3 is 2.50 bits per heavy atom. The van der Waals surface area contributed by atoms with Crippen molar-refractivity contribution in [1.29, 1.82) is 0 Å². The maximum absolute atomic E-state index is 11.9. The van der Waals surface area contributed by atoms with Gasteiger partial charge in [-0.05, 0) is 24.1 Å². The molecule has 0 aliphatic rings. The fraction of sp³-hybridized carbons (Fsp3) is 0.353. The first kappa shape index (κ1) is 18.2. The lowest BCUT2D eigenvalue weighted by Crippen LogP contribution is -2.35. The zero-order valence-electron chi connectivity index (χ0n) is 13.6. The molecule has 7 heteroatoms. The second-order valence-corrected chi connectivity index (χ2v) is 7.49. The van der Waals surface area contributed by atoms with Crippen molar-refractivity contribution in [3.8, 4) is 0 Å². The summed E-state index contributed by atoms with van der Waals surface area (Å²) in [6.07, 6.45) is 3.43. The normalized spacial score (nSPS) is 11.6. The molecule has 0 aliphatic carbocycles. The molecular formula is C17H22N2O4S. The van der Waals surface area contributed by atoms with Gasteiger partial charge >= 0.3 is 0 Å². The molecule has 6 nitrogen and oxygen atoms in total. The SMILES string of the molecule is CS(=O)(=O)N(CCC(=O)NCc1ccco1)CCc1ccccc1. The van der Waals surface area contributed by atoms with Crippen molar-refractivity contribution in [2.24, 2.45) is 0 Å². The Morgan fingerprint density at radius 1 is 1.12 bits per heavy atom. The first-order chi connectivity index (χ1) is 11.4. The molecule has 0 saturated carbocycles. The van der Waals surface area contributed by atoms with Gasteiger partial charge in [0.2, 0.25) is 15.9 Å². The maximum atomic E-state index is 11.9. The Balaban J connectivity index is 1.81. The summed E-state index contributed by atoms with van der Waals surface area (Å²) in [6, 6.07) is 13.2. The number of hydrogen-bond acceptors (Lipinski definition) is 4. The third-order valence-electron chi connectivity index (χ3n) is 3.59. The van der Waals surface area contributed by atoms with Crippen LogP contribution in [-0.4, -0.2) is 38.0 Å². The average molecular weight is 350 g/mol. The van der Waals surface area contributed by atoms with Gasteiger partial charge in [0.25, 0.3) is 0 Å². The van der Waals surface area contributed by atoms with Crippen LogP contribution < -0.4 is 5.32 Å². The van der Waals surface area contributed by atoms with Gasteiger partial charge in [0, 0.05) is 19.5 Å². The second-order valence-electron chi connectivity index (χ2n) is 5.50. The number of amides is 1. The summed E-state index contributed by atoms with van der Waals surface area (Å²) in [4.78, 5) is 11.9. The molecule has 1 heterocycles. The number of rotatable bonds is 9. The van der Waals surface area contributed by atoms with Gasteiger partial charge in [-0.2, -0.15) is 0 Å². The van der Waals surface area contributed by atoms with Gasteiger partial charge in [0.1, 0.15) is 5.76 Å². The standard InChI is InChI=1S/C17H22N2O4S/c1-24(21,22)19(11-9-15-6-3-2-4-7-15)12-10-17(20)18-14-16-8-5-13-23-16/h2-8,13H,9-12,14H2,1H3,(H,18,20). The van der Waals surface area contributed by atoms with Crippen LogP contribution in [0.25, 0.3) is 0 Å². The van der Waals surface area contributed by atoms with Crippen molar-refractivity contribution >= 4 is 15.9 Å². The summed E-state index contributed by atoms with van der Waals surface area (Å²) in [5.74, 6) is 0.451. The molecule has 1 amide bonds. The van der Waals surface area contributed by atoms with Gasteiger partial charge in [-0.15, -0.1) is 0 Å². The largest absolute Gasteiger partial charge is 0.467 e. The van der Waals surface area contributed by atoms with E-state index in [1.807, 2.05) is 30.3 Å². The van der Waals surface area contributed by atoms with Crippen LogP contribution in [0.4, 0.5) is 0 Å². The molecule has 0 fully saturated rings. The zero-order valence-corrected chi connectivity index (χ0v) is 14.5. The van der Waals surface area contributed by atoms with Crippen molar-refractivity contribution in [3.05, 3.63) is 60.1 Å². The summed E-state index contributed by atoms with van der Waals surface area (Å²) in [5.41, 5.74) is 1.06. The van der Waals surface area contributed by atoms with Crippen LogP contribution >= 0.6 is 0 Å². The Labute approximate surface area is 142 Å². The molecule has 1 aromatic heterocycles. The van der Waals surface area contributed by atoms with Crippen molar-refractivity contribution < 1.29 is 17.6 Å². The maximum Gasteiger partial charge on any atom is 0.221 e. The van der Waals surface area contributed by atoms with Crippen LogP contribution in [0.2, 0.25) is 0 Å². The summed E-state index contributed by atoms with van der Waals surface area (Å²) in [6.45, 7) is 0.818. The lowest BCUT2D eigenvalue weighted by molar-refractivity contribution is -0.121. The average Bonchev–Trinajstić information content (AvgIpc) is 3.06. The van der Waals surface area contributed by atoms with E-state index in [2.05, 4.69) is 5.32 Å². The summed E-state index contributed by atoms with van der Waals surface area (Å²) < 4.78 is 30.2. The lowest BCUT2D eigenvalue weighted by atomic mass is 10.1. The van der Waals surface area contributed by atoms with E-state index in [1.54, 1.807) is 12.1 Å². The van der Waals surface area contributed by atoms with E-state index < -0.39 is 10.0 Å². The number of benzene rings is 1. The number of nitrogens with one attached hydrogen (secondary N) is 1. The minimum Gasteiger partial charge on any atom is -0.467 e. The van der Waals surface area contributed by atoms with Crippen molar-refractivity contribution in [1.82, 2.24) is 9.62 Å². The van der Waals surface area contributed by atoms with E-state index in [4.69, 9.17) is 4.42 Å². The zero-order chi connectivity index (χ0) is 17.4. The highest BCUT2D eigenvalue weighted by atomic mass is 32.2. The molecule has 2 rings (SSSR count). The molecule has 130 valence electrons. The Hall–Kier alpha value is -2.12. The van der Waals surface area contributed by atoms with E-state index in [0.717, 1.165) is 5.56 Å². The highest BCUT2D eigenvalue weighted by molar-refractivity contribution is 7.88. The summed E-state index contributed by atoms with van der Waals surface area (Å²) in [5, 5.41) is 2.71. The third kappa shape index (κ3) is 6.17. The number of nitrogens with zero attached hydrogens (tertiary/aromatic N) is 1. The third-order valence-corrected chi connectivity index (χ3v) is 4.89. The van der Waals surface area contributed by atoms with Gasteiger partial charge in [-0.25, -0.2) is 12.7 Å². The lowest BCUT2D eigenvalue weighted by Gasteiger charge is -2.19. The van der Waals surface area contributed by atoms with Crippen LogP contribution in [0.1, 0.15) is 17.7 Å². The van der Waals surface area contributed by atoms with Crippen LogP contribution in [-0.2, 0) is 27.8 Å². The molecule has 0 spiro atoms. The number of furan rings is 1. The molecular weight excluding hydrogens is 328 g/mol. The van der Waals surface area contributed by atoms with Gasteiger partial charge in [-0.1, -0.05) is 30.3 Å². The molecule has 0 atom stereocenters. The first-order valence-electron chi connectivity index (χ1n) is 7.73. The molecule has 1 N–H and O–H groups in total. The van der Waals surface area contributed by atoms with Crippen molar-refractivity contribution in [2.45, 2.75) is 19.4 Å². The molecule has 0 aliphatic heterocycles. The summed E-state index contributed by atoms with van der Waals surface area (Å²) >= 11 is 0. The predicted molar refractivity (Wildman–Crippen MR) is 91.7 cm³/mol. The molecule has 0 saturated heterocycles. The van der Waals surface area contributed by atoms with Gasteiger partial charge in [-0.3, -0.25) is 4.79 Å². The highest BCUT2D eigenvalue weighted by Crippen LogP contribution is 2.06. The van der Waals surface area contributed by atoms with E-state index in [9.17, 15) is 13.2 Å². The van der Waals surface area contributed by atoms with Crippen molar-refractivity contribution in [3.63, 3.8) is 0 Å². The van der Waals surface area contributed by atoms with E-state index in [1.165, 1.54) is 16.8 Å². The molecule has 24 heavy (non-hydrogen) atoms. The quantitative estimate of drug-likeness (QED) is 0.748. The van der Waals surface area contributed by atoms with Crippen LogP contribution in [0, 0.1) is 0 Å². The Kier molecular flexibility index (Phi) is 6.57. The minimum atomic E-state index is -3.35. The molecule has 0 bridgehead atoms. The number of hydrogen-bond donors (Lipinski definition) is 1. The molecule has 0 unspecified atom stereocenters.